The summed E-state index contributed by atoms with van der Waals surface area (Å²) in [6, 6.07) is 9.32. The van der Waals surface area contributed by atoms with E-state index >= 15 is 0 Å². The van der Waals surface area contributed by atoms with Crippen molar-refractivity contribution in [3.63, 3.8) is 0 Å². The van der Waals surface area contributed by atoms with Crippen LogP contribution in [0.1, 0.15) is 25.8 Å². The molecular formula is C15H19NO2. The van der Waals surface area contributed by atoms with Gasteiger partial charge in [0.2, 0.25) is 0 Å². The lowest BCUT2D eigenvalue weighted by molar-refractivity contribution is -0.116. The number of amides is 1. The summed E-state index contributed by atoms with van der Waals surface area (Å²) in [6.07, 6.45) is 0.166. The van der Waals surface area contributed by atoms with Gasteiger partial charge < -0.3 is 10.4 Å². The molecule has 1 aromatic rings. The number of aliphatic hydroxyl groups is 1. The van der Waals surface area contributed by atoms with Crippen molar-refractivity contribution in [3.8, 4) is 11.8 Å². The van der Waals surface area contributed by atoms with Gasteiger partial charge in [-0.1, -0.05) is 38.0 Å². The molecule has 96 valence electrons. The maximum Gasteiger partial charge on any atom is 0.296 e. The summed E-state index contributed by atoms with van der Waals surface area (Å²) in [5.41, 5.74) is 0.801. The first-order valence-electron chi connectivity index (χ1n) is 6.11. The van der Waals surface area contributed by atoms with Crippen LogP contribution in [0.3, 0.4) is 0 Å². The van der Waals surface area contributed by atoms with Crippen LogP contribution in [0.5, 0.6) is 0 Å². The average Bonchev–Trinajstić information content (AvgIpc) is 2.34. The lowest BCUT2D eigenvalue weighted by Crippen LogP contribution is -2.31. The van der Waals surface area contributed by atoms with Crippen LogP contribution in [-0.4, -0.2) is 23.7 Å². The highest BCUT2D eigenvalue weighted by Gasteiger charge is 2.07. The Balaban J connectivity index is 2.37. The molecule has 18 heavy (non-hydrogen) atoms. The zero-order chi connectivity index (χ0) is 13.4. The molecular weight excluding hydrogens is 226 g/mol. The maximum atomic E-state index is 11.4. The number of hydrogen-bond acceptors (Lipinski definition) is 2. The minimum absolute atomic E-state index is 0.250. The molecule has 0 heterocycles. The van der Waals surface area contributed by atoms with Crippen molar-refractivity contribution < 1.29 is 9.90 Å². The summed E-state index contributed by atoms with van der Waals surface area (Å²) in [6.45, 7) is 4.31. The number of rotatable bonds is 4. The molecule has 2 N–H and O–H groups in total. The summed E-state index contributed by atoms with van der Waals surface area (Å²) in [5.74, 6) is 5.31. The topological polar surface area (TPSA) is 49.3 Å². The van der Waals surface area contributed by atoms with Crippen LogP contribution >= 0.6 is 0 Å². The predicted octanol–water partition coefficient (Wildman–Crippen LogP) is 1.56. The third-order valence-corrected chi connectivity index (χ3v) is 2.34. The summed E-state index contributed by atoms with van der Waals surface area (Å²) >= 11 is 0. The summed E-state index contributed by atoms with van der Waals surface area (Å²) in [4.78, 5) is 11.4. The largest absolute Gasteiger partial charge is 0.391 e. The molecule has 0 aliphatic heterocycles. The number of nitrogens with one attached hydrogen (secondary N) is 1. The first-order valence-corrected chi connectivity index (χ1v) is 6.11. The molecule has 0 radical (unpaired) electrons. The molecule has 0 aromatic heterocycles. The smallest absolute Gasteiger partial charge is 0.296 e. The van der Waals surface area contributed by atoms with Crippen molar-refractivity contribution in [2.75, 3.05) is 6.54 Å². The molecule has 0 bridgehead atoms. The number of aliphatic hydroxyl groups excluding tert-OH is 1. The van der Waals surface area contributed by atoms with Gasteiger partial charge >= 0.3 is 0 Å². The monoisotopic (exact) mass is 245 g/mol. The second-order valence-electron chi connectivity index (χ2n) is 4.61. The Labute approximate surface area is 108 Å². The minimum Gasteiger partial charge on any atom is -0.391 e. The maximum absolute atomic E-state index is 11.4. The molecule has 3 heteroatoms. The third kappa shape index (κ3) is 6.07. The number of benzene rings is 1. The normalized spacial score (nSPS) is 11.6. The minimum atomic E-state index is -0.507. The van der Waals surface area contributed by atoms with Gasteiger partial charge in [0.05, 0.1) is 6.10 Å². The van der Waals surface area contributed by atoms with Crippen molar-refractivity contribution in [1.29, 1.82) is 0 Å². The molecule has 0 aliphatic rings. The van der Waals surface area contributed by atoms with Gasteiger partial charge in [-0.25, -0.2) is 0 Å². The van der Waals surface area contributed by atoms with Crippen LogP contribution in [0.25, 0.3) is 0 Å². The van der Waals surface area contributed by atoms with Gasteiger partial charge in [-0.05, 0) is 24.5 Å². The summed E-state index contributed by atoms with van der Waals surface area (Å²) in [7, 11) is 0. The van der Waals surface area contributed by atoms with E-state index in [9.17, 15) is 9.90 Å². The van der Waals surface area contributed by atoms with E-state index in [0.717, 1.165) is 5.56 Å². The Hall–Kier alpha value is -1.79. The Bertz CT molecular complexity index is 429. The van der Waals surface area contributed by atoms with Gasteiger partial charge in [-0.3, -0.25) is 4.79 Å². The third-order valence-electron chi connectivity index (χ3n) is 2.34. The highest BCUT2D eigenvalue weighted by atomic mass is 16.3. The molecule has 1 amide bonds. The zero-order valence-electron chi connectivity index (χ0n) is 10.8. The summed E-state index contributed by atoms with van der Waals surface area (Å²) in [5, 5.41) is 12.2. The fraction of sp³-hybridized carbons (Fsp3) is 0.400. The SMILES string of the molecule is CC(C)CC(O)CNC(=O)C#Cc1ccccc1. The van der Waals surface area contributed by atoms with E-state index in [4.69, 9.17) is 0 Å². The van der Waals surface area contributed by atoms with Crippen LogP contribution in [0.4, 0.5) is 0 Å². The fourth-order valence-corrected chi connectivity index (χ4v) is 1.53. The van der Waals surface area contributed by atoms with Crippen molar-refractivity contribution in [2.45, 2.75) is 26.4 Å². The van der Waals surface area contributed by atoms with Crippen LogP contribution in [0, 0.1) is 17.8 Å². The first-order chi connectivity index (χ1) is 8.58. The quantitative estimate of drug-likeness (QED) is 0.791. The first kappa shape index (κ1) is 14.3. The van der Waals surface area contributed by atoms with Crippen molar-refractivity contribution in [3.05, 3.63) is 35.9 Å². The van der Waals surface area contributed by atoms with Crippen LogP contribution < -0.4 is 5.32 Å². The van der Waals surface area contributed by atoms with E-state index in [1.54, 1.807) is 0 Å². The standard InChI is InChI=1S/C15H19NO2/c1-12(2)10-14(17)11-16-15(18)9-8-13-6-4-3-5-7-13/h3-7,12,14,17H,10-11H2,1-2H3,(H,16,18). The van der Waals surface area contributed by atoms with E-state index in [2.05, 4.69) is 17.2 Å². The molecule has 0 aliphatic carbocycles. The second-order valence-corrected chi connectivity index (χ2v) is 4.61. The van der Waals surface area contributed by atoms with Crippen LogP contribution in [0.2, 0.25) is 0 Å². The highest BCUT2D eigenvalue weighted by Crippen LogP contribution is 2.02. The highest BCUT2D eigenvalue weighted by molar-refractivity contribution is 5.94. The molecule has 0 spiro atoms. The van der Waals surface area contributed by atoms with Gasteiger partial charge in [0.15, 0.2) is 0 Å². The van der Waals surface area contributed by atoms with E-state index < -0.39 is 6.10 Å². The molecule has 1 rings (SSSR count). The van der Waals surface area contributed by atoms with Crippen LogP contribution in [-0.2, 0) is 4.79 Å². The van der Waals surface area contributed by atoms with Gasteiger partial charge in [0.25, 0.3) is 5.91 Å². The Morgan fingerprint density at radius 3 is 2.61 bits per heavy atom. The number of hydrogen-bond donors (Lipinski definition) is 2. The molecule has 0 fully saturated rings. The van der Waals surface area contributed by atoms with Gasteiger partial charge in [-0.15, -0.1) is 0 Å². The van der Waals surface area contributed by atoms with E-state index in [-0.39, 0.29) is 12.5 Å². The molecule has 3 nitrogen and oxygen atoms in total. The van der Waals surface area contributed by atoms with Gasteiger partial charge in [0.1, 0.15) is 0 Å². The fourth-order valence-electron chi connectivity index (χ4n) is 1.53. The Morgan fingerprint density at radius 2 is 2.00 bits per heavy atom. The predicted molar refractivity (Wildman–Crippen MR) is 71.8 cm³/mol. The molecule has 1 aromatic carbocycles. The van der Waals surface area contributed by atoms with Crippen molar-refractivity contribution in [2.24, 2.45) is 5.92 Å². The summed E-state index contributed by atoms with van der Waals surface area (Å²) < 4.78 is 0. The van der Waals surface area contributed by atoms with Crippen molar-refractivity contribution >= 4 is 5.91 Å². The van der Waals surface area contributed by atoms with E-state index in [0.29, 0.717) is 12.3 Å². The van der Waals surface area contributed by atoms with E-state index in [1.807, 2.05) is 44.2 Å². The van der Waals surface area contributed by atoms with Crippen LogP contribution in [0.15, 0.2) is 30.3 Å². The molecule has 1 atom stereocenters. The Morgan fingerprint density at radius 1 is 1.33 bits per heavy atom. The molecule has 0 saturated carbocycles. The lowest BCUT2D eigenvalue weighted by Gasteiger charge is -2.12. The zero-order valence-corrected chi connectivity index (χ0v) is 10.8. The molecule has 0 saturated heterocycles. The number of carbonyl (C=O) groups excluding carboxylic acids is 1. The van der Waals surface area contributed by atoms with Gasteiger partial charge in [-0.2, -0.15) is 0 Å². The number of carbonyl (C=O) groups is 1. The Kier molecular flexibility index (Phi) is 5.96. The second kappa shape index (κ2) is 7.52. The molecule has 1 unspecified atom stereocenters. The van der Waals surface area contributed by atoms with Crippen molar-refractivity contribution in [1.82, 2.24) is 5.32 Å². The van der Waals surface area contributed by atoms with Gasteiger partial charge in [0, 0.05) is 18.0 Å². The lowest BCUT2D eigenvalue weighted by atomic mass is 10.1. The average molecular weight is 245 g/mol. The van der Waals surface area contributed by atoms with E-state index in [1.165, 1.54) is 0 Å².